The third-order valence-corrected chi connectivity index (χ3v) is 2.55. The number of anilines is 2. The summed E-state index contributed by atoms with van der Waals surface area (Å²) in [6.45, 7) is 2.19. The van der Waals surface area contributed by atoms with Gasteiger partial charge in [-0.25, -0.2) is 0 Å². The number of halogens is 1. The number of aromatic nitrogens is 3. The molecule has 2 rings (SSSR count). The molecular weight excluding hydrogens is 292 g/mol. The fraction of sp³-hybridized carbons (Fsp3) is 0.154. The summed E-state index contributed by atoms with van der Waals surface area (Å²) in [6, 6.07) is 8.69. The van der Waals surface area contributed by atoms with Gasteiger partial charge in [-0.1, -0.05) is 0 Å². The van der Waals surface area contributed by atoms with Crippen LogP contribution in [0.2, 0.25) is 5.28 Å². The highest BCUT2D eigenvalue weighted by atomic mass is 35.5. The van der Waals surface area contributed by atoms with Gasteiger partial charge in [0.05, 0.1) is 17.7 Å². The van der Waals surface area contributed by atoms with Crippen LogP contribution in [0.25, 0.3) is 0 Å². The average Bonchev–Trinajstić information content (AvgIpc) is 2.46. The van der Waals surface area contributed by atoms with E-state index in [0.717, 1.165) is 0 Å². The molecule has 0 saturated carbocycles. The van der Waals surface area contributed by atoms with E-state index in [1.165, 1.54) is 12.1 Å². The summed E-state index contributed by atoms with van der Waals surface area (Å²) < 4.78 is 5.16. The maximum Gasteiger partial charge on any atom is 0.322 e. The third-order valence-electron chi connectivity index (χ3n) is 2.38. The van der Waals surface area contributed by atoms with E-state index >= 15 is 0 Å². The molecule has 0 atom stereocenters. The highest BCUT2D eigenvalue weighted by Gasteiger charge is 2.08. The molecule has 1 heterocycles. The fourth-order valence-electron chi connectivity index (χ4n) is 1.52. The molecule has 1 aromatic heterocycles. The number of hydrogen-bond donors (Lipinski definition) is 1. The molecular formula is C13H9ClN6O. The Balaban J connectivity index is 2.30. The van der Waals surface area contributed by atoms with Crippen LogP contribution in [0.15, 0.2) is 18.2 Å². The first-order valence-electron chi connectivity index (χ1n) is 5.92. The van der Waals surface area contributed by atoms with E-state index in [-0.39, 0.29) is 22.8 Å². The minimum Gasteiger partial charge on any atom is -0.464 e. The predicted octanol–water partition coefficient (Wildman–Crippen LogP) is 2.41. The van der Waals surface area contributed by atoms with Crippen molar-refractivity contribution < 1.29 is 4.74 Å². The first-order chi connectivity index (χ1) is 10.2. The Bertz CT molecular complexity index is 749. The molecule has 0 amide bonds. The Labute approximate surface area is 125 Å². The van der Waals surface area contributed by atoms with Gasteiger partial charge >= 0.3 is 6.01 Å². The zero-order valence-electron chi connectivity index (χ0n) is 11.0. The first-order valence-corrected chi connectivity index (χ1v) is 6.29. The lowest BCUT2D eigenvalue weighted by molar-refractivity contribution is 0.312. The van der Waals surface area contributed by atoms with Crippen molar-refractivity contribution in [1.82, 2.24) is 15.0 Å². The van der Waals surface area contributed by atoms with Crippen LogP contribution in [0.5, 0.6) is 6.01 Å². The lowest BCUT2D eigenvalue weighted by Crippen LogP contribution is -2.04. The zero-order valence-corrected chi connectivity index (χ0v) is 11.7. The van der Waals surface area contributed by atoms with Crippen molar-refractivity contribution in [3.63, 3.8) is 0 Å². The zero-order chi connectivity index (χ0) is 15.2. The second-order valence-electron chi connectivity index (χ2n) is 3.75. The normalized spacial score (nSPS) is 9.52. The lowest BCUT2D eigenvalue weighted by Gasteiger charge is -2.07. The van der Waals surface area contributed by atoms with E-state index in [1.54, 1.807) is 13.0 Å². The summed E-state index contributed by atoms with van der Waals surface area (Å²) in [4.78, 5) is 11.8. The Morgan fingerprint density at radius 1 is 1.19 bits per heavy atom. The second-order valence-corrected chi connectivity index (χ2v) is 4.09. The summed E-state index contributed by atoms with van der Waals surface area (Å²) in [5.41, 5.74) is 1.11. The molecule has 0 fully saturated rings. The Hall–Kier alpha value is -2.90. The van der Waals surface area contributed by atoms with Crippen molar-refractivity contribution >= 4 is 23.2 Å². The van der Waals surface area contributed by atoms with Crippen LogP contribution >= 0.6 is 11.6 Å². The van der Waals surface area contributed by atoms with E-state index in [0.29, 0.717) is 17.9 Å². The minimum absolute atomic E-state index is 0.00917. The summed E-state index contributed by atoms with van der Waals surface area (Å²) in [5, 5.41) is 20.7. The molecule has 0 aliphatic carbocycles. The van der Waals surface area contributed by atoms with Gasteiger partial charge in [-0.3, -0.25) is 0 Å². The molecule has 1 N–H and O–H groups in total. The van der Waals surface area contributed by atoms with Crippen LogP contribution in [-0.4, -0.2) is 21.6 Å². The predicted molar refractivity (Wildman–Crippen MR) is 75.2 cm³/mol. The quantitative estimate of drug-likeness (QED) is 0.923. The maximum atomic E-state index is 8.99. The van der Waals surface area contributed by atoms with E-state index in [1.807, 2.05) is 12.1 Å². The molecule has 0 saturated heterocycles. The van der Waals surface area contributed by atoms with Gasteiger partial charge in [-0.15, -0.1) is 0 Å². The SMILES string of the molecule is CCOc1nc(Cl)nc(Nc2ccc(C#N)c(C#N)c2)n1. The number of ether oxygens (including phenoxy) is 1. The fourth-order valence-corrected chi connectivity index (χ4v) is 1.67. The Morgan fingerprint density at radius 2 is 1.95 bits per heavy atom. The number of nitriles is 2. The van der Waals surface area contributed by atoms with E-state index in [4.69, 9.17) is 26.9 Å². The van der Waals surface area contributed by atoms with Crippen molar-refractivity contribution in [2.45, 2.75) is 6.92 Å². The molecule has 0 unspecified atom stereocenters. The number of benzene rings is 1. The molecule has 0 aliphatic rings. The van der Waals surface area contributed by atoms with Crippen molar-refractivity contribution in [2.24, 2.45) is 0 Å². The Morgan fingerprint density at radius 3 is 2.62 bits per heavy atom. The van der Waals surface area contributed by atoms with Crippen molar-refractivity contribution in [3.05, 3.63) is 34.6 Å². The number of rotatable bonds is 4. The van der Waals surface area contributed by atoms with Crippen LogP contribution in [0, 0.1) is 22.7 Å². The van der Waals surface area contributed by atoms with Gasteiger partial charge in [-0.05, 0) is 36.7 Å². The molecule has 1 aromatic carbocycles. The molecule has 21 heavy (non-hydrogen) atoms. The average molecular weight is 301 g/mol. The Kier molecular flexibility index (Phi) is 4.50. The van der Waals surface area contributed by atoms with Crippen LogP contribution in [-0.2, 0) is 0 Å². The van der Waals surface area contributed by atoms with E-state index in [2.05, 4.69) is 20.3 Å². The summed E-state index contributed by atoms with van der Waals surface area (Å²) >= 11 is 5.78. The lowest BCUT2D eigenvalue weighted by atomic mass is 10.1. The van der Waals surface area contributed by atoms with Crippen molar-refractivity contribution in [1.29, 1.82) is 10.5 Å². The van der Waals surface area contributed by atoms with Crippen LogP contribution in [0.1, 0.15) is 18.1 Å². The highest BCUT2D eigenvalue weighted by Crippen LogP contribution is 2.19. The van der Waals surface area contributed by atoms with Gasteiger partial charge in [0.25, 0.3) is 0 Å². The highest BCUT2D eigenvalue weighted by molar-refractivity contribution is 6.28. The first kappa shape index (κ1) is 14.5. The second kappa shape index (κ2) is 6.51. The number of hydrogen-bond acceptors (Lipinski definition) is 7. The van der Waals surface area contributed by atoms with Crippen molar-refractivity contribution in [3.8, 4) is 18.1 Å². The van der Waals surface area contributed by atoms with Gasteiger partial charge in [0.2, 0.25) is 11.2 Å². The summed E-state index contributed by atoms with van der Waals surface area (Å²) in [5.74, 6) is 0.187. The van der Waals surface area contributed by atoms with Crippen LogP contribution in [0.4, 0.5) is 11.6 Å². The minimum atomic E-state index is -0.00917. The van der Waals surface area contributed by atoms with Crippen LogP contribution < -0.4 is 10.1 Å². The third kappa shape index (κ3) is 3.56. The van der Waals surface area contributed by atoms with E-state index < -0.39 is 0 Å². The molecule has 0 aliphatic heterocycles. The van der Waals surface area contributed by atoms with Gasteiger partial charge in [0.15, 0.2) is 0 Å². The maximum absolute atomic E-state index is 8.99. The standard InChI is InChI=1S/C13H9ClN6O/c1-2-21-13-19-11(14)18-12(20-13)17-10-4-3-8(6-15)9(5-10)7-16/h3-5H,2H2,1H3,(H,17,18,19,20). The molecule has 7 nitrogen and oxygen atoms in total. The summed E-state index contributed by atoms with van der Waals surface area (Å²) in [7, 11) is 0. The molecule has 8 heteroatoms. The van der Waals surface area contributed by atoms with Gasteiger partial charge < -0.3 is 10.1 Å². The molecule has 0 bridgehead atoms. The van der Waals surface area contributed by atoms with Crippen LogP contribution in [0.3, 0.4) is 0 Å². The summed E-state index contributed by atoms with van der Waals surface area (Å²) in [6.07, 6.45) is 0. The van der Waals surface area contributed by atoms with E-state index in [9.17, 15) is 0 Å². The number of nitrogens with zero attached hydrogens (tertiary/aromatic N) is 5. The molecule has 0 spiro atoms. The number of nitrogens with one attached hydrogen (secondary N) is 1. The smallest absolute Gasteiger partial charge is 0.322 e. The monoisotopic (exact) mass is 300 g/mol. The van der Waals surface area contributed by atoms with Crippen molar-refractivity contribution in [2.75, 3.05) is 11.9 Å². The molecule has 0 radical (unpaired) electrons. The largest absolute Gasteiger partial charge is 0.464 e. The van der Waals surface area contributed by atoms with Gasteiger partial charge in [0.1, 0.15) is 12.1 Å². The molecule has 2 aromatic rings. The molecule has 104 valence electrons. The van der Waals surface area contributed by atoms with Gasteiger partial charge in [-0.2, -0.15) is 25.5 Å². The van der Waals surface area contributed by atoms with Gasteiger partial charge in [0, 0.05) is 5.69 Å². The topological polar surface area (TPSA) is 108 Å².